The van der Waals surface area contributed by atoms with Gasteiger partial charge < -0.3 is 10.0 Å². The van der Waals surface area contributed by atoms with Gasteiger partial charge in [-0.15, -0.1) is 0 Å². The Morgan fingerprint density at radius 2 is 1.50 bits per heavy atom. The van der Waals surface area contributed by atoms with Gasteiger partial charge in [-0.3, -0.25) is 0 Å². The van der Waals surface area contributed by atoms with Gasteiger partial charge in [0.25, 0.3) is 0 Å². The normalized spacial score (nSPS) is 13.9. The molecule has 0 fully saturated rings. The zero-order valence-corrected chi connectivity index (χ0v) is 12.9. The van der Waals surface area contributed by atoms with Gasteiger partial charge in [0.1, 0.15) is 0 Å². The minimum atomic E-state index is -1.41. The lowest BCUT2D eigenvalue weighted by molar-refractivity contribution is 0.426. The van der Waals surface area contributed by atoms with Crippen molar-refractivity contribution in [1.29, 1.82) is 0 Å². The first-order valence-electron chi connectivity index (χ1n) is 6.57. The molecule has 0 aromatic heterocycles. The molecule has 0 unspecified atom stereocenters. The lowest BCUT2D eigenvalue weighted by atomic mass is 9.77. The Labute approximate surface area is 126 Å². The monoisotopic (exact) mass is 286 g/mol. The third-order valence-electron chi connectivity index (χ3n) is 3.91. The standard InChI is InChI=1S/C15H15BO2.CH4S/c1-15(2)13-6-4-3-5-11(13)12-9-10(16(17)18)7-8-14(12)15;1-2/h3-9,17-18H,1-2H3;2H,1H3. The van der Waals surface area contributed by atoms with Crippen molar-refractivity contribution in [3.05, 3.63) is 53.6 Å². The lowest BCUT2D eigenvalue weighted by Gasteiger charge is -2.21. The fraction of sp³-hybridized carbons (Fsp3) is 0.250. The Hall–Kier alpha value is -1.23. The maximum absolute atomic E-state index is 9.29. The minimum absolute atomic E-state index is 0.0230. The molecule has 0 saturated carbocycles. The molecule has 0 radical (unpaired) electrons. The summed E-state index contributed by atoms with van der Waals surface area (Å²) in [5, 5.41) is 18.6. The Balaban J connectivity index is 0.000000704. The predicted molar refractivity (Wildman–Crippen MR) is 88.7 cm³/mol. The smallest absolute Gasteiger partial charge is 0.423 e. The molecular formula is C16H19BO2S. The largest absolute Gasteiger partial charge is 0.488 e. The van der Waals surface area contributed by atoms with E-state index in [0.717, 1.165) is 5.56 Å². The van der Waals surface area contributed by atoms with Gasteiger partial charge >= 0.3 is 7.12 Å². The van der Waals surface area contributed by atoms with Crippen molar-refractivity contribution >= 4 is 25.2 Å². The summed E-state index contributed by atoms with van der Waals surface area (Å²) in [5.74, 6) is 0. The summed E-state index contributed by atoms with van der Waals surface area (Å²) in [5.41, 5.74) is 5.37. The molecule has 0 atom stereocenters. The van der Waals surface area contributed by atoms with E-state index < -0.39 is 7.12 Å². The van der Waals surface area contributed by atoms with Crippen molar-refractivity contribution in [1.82, 2.24) is 0 Å². The first-order valence-corrected chi connectivity index (χ1v) is 7.46. The molecule has 20 heavy (non-hydrogen) atoms. The molecule has 3 rings (SSSR count). The minimum Gasteiger partial charge on any atom is -0.423 e. The summed E-state index contributed by atoms with van der Waals surface area (Å²) in [6.45, 7) is 4.40. The van der Waals surface area contributed by atoms with Crippen LogP contribution in [0, 0.1) is 0 Å². The Morgan fingerprint density at radius 3 is 2.15 bits per heavy atom. The second-order valence-corrected chi connectivity index (χ2v) is 5.35. The number of benzene rings is 2. The van der Waals surface area contributed by atoms with Gasteiger partial charge in [0.2, 0.25) is 0 Å². The van der Waals surface area contributed by atoms with Gasteiger partial charge in [0.15, 0.2) is 0 Å². The van der Waals surface area contributed by atoms with Crippen LogP contribution in [-0.4, -0.2) is 23.4 Å². The Kier molecular flexibility index (Phi) is 4.28. The van der Waals surface area contributed by atoms with Crippen LogP contribution in [0.1, 0.15) is 25.0 Å². The Morgan fingerprint density at radius 1 is 0.900 bits per heavy atom. The average Bonchev–Trinajstić information content (AvgIpc) is 2.70. The molecule has 2 aromatic carbocycles. The van der Waals surface area contributed by atoms with Crippen LogP contribution in [0.5, 0.6) is 0 Å². The molecule has 0 amide bonds. The first kappa shape index (κ1) is 15.2. The fourth-order valence-corrected chi connectivity index (χ4v) is 2.90. The molecule has 0 heterocycles. The molecule has 0 aliphatic heterocycles. The average molecular weight is 286 g/mol. The number of thiol groups is 1. The van der Waals surface area contributed by atoms with E-state index in [1.165, 1.54) is 16.7 Å². The quantitative estimate of drug-likeness (QED) is 0.556. The van der Waals surface area contributed by atoms with E-state index in [4.69, 9.17) is 0 Å². The zero-order valence-electron chi connectivity index (χ0n) is 12.0. The number of hydrogen-bond acceptors (Lipinski definition) is 3. The van der Waals surface area contributed by atoms with Crippen LogP contribution in [0.2, 0.25) is 0 Å². The third kappa shape index (κ3) is 2.28. The maximum Gasteiger partial charge on any atom is 0.488 e. The molecule has 0 bridgehead atoms. The third-order valence-corrected chi connectivity index (χ3v) is 3.91. The molecule has 1 aliphatic rings. The molecule has 2 N–H and O–H groups in total. The Bertz CT molecular complexity index is 624. The van der Waals surface area contributed by atoms with Gasteiger partial charge in [0.05, 0.1) is 0 Å². The molecule has 2 aromatic rings. The van der Waals surface area contributed by atoms with Crippen LogP contribution < -0.4 is 5.46 Å². The van der Waals surface area contributed by atoms with Crippen molar-refractivity contribution in [2.24, 2.45) is 0 Å². The first-order chi connectivity index (χ1) is 9.51. The highest BCUT2D eigenvalue weighted by Gasteiger charge is 2.35. The second-order valence-electron chi connectivity index (χ2n) is 5.35. The van der Waals surface area contributed by atoms with Crippen LogP contribution in [0.15, 0.2) is 42.5 Å². The molecular weight excluding hydrogens is 267 g/mol. The van der Waals surface area contributed by atoms with Gasteiger partial charge in [-0.1, -0.05) is 56.3 Å². The fourth-order valence-electron chi connectivity index (χ4n) is 2.90. The number of fused-ring (bicyclic) bond motifs is 3. The summed E-state index contributed by atoms with van der Waals surface area (Å²) in [6.07, 6.45) is 1.69. The maximum atomic E-state index is 9.29. The topological polar surface area (TPSA) is 40.5 Å². The second kappa shape index (κ2) is 5.64. The van der Waals surface area contributed by atoms with E-state index in [0.29, 0.717) is 5.46 Å². The van der Waals surface area contributed by atoms with Crippen molar-refractivity contribution in [3.63, 3.8) is 0 Å². The van der Waals surface area contributed by atoms with Crippen LogP contribution in [0.25, 0.3) is 11.1 Å². The highest BCUT2D eigenvalue weighted by atomic mass is 32.1. The number of rotatable bonds is 1. The van der Waals surface area contributed by atoms with Crippen LogP contribution >= 0.6 is 12.6 Å². The van der Waals surface area contributed by atoms with Gasteiger partial charge in [0, 0.05) is 5.41 Å². The summed E-state index contributed by atoms with van der Waals surface area (Å²) in [7, 11) is -1.41. The van der Waals surface area contributed by atoms with Crippen LogP contribution in [-0.2, 0) is 5.41 Å². The number of hydrogen-bond donors (Lipinski definition) is 3. The van der Waals surface area contributed by atoms with E-state index in [-0.39, 0.29) is 5.41 Å². The summed E-state index contributed by atoms with van der Waals surface area (Å²) in [4.78, 5) is 0. The van der Waals surface area contributed by atoms with E-state index in [1.807, 2.05) is 24.3 Å². The highest BCUT2D eigenvalue weighted by molar-refractivity contribution is 7.79. The molecule has 1 aliphatic carbocycles. The van der Waals surface area contributed by atoms with E-state index in [1.54, 1.807) is 12.3 Å². The van der Waals surface area contributed by atoms with Crippen molar-refractivity contribution < 1.29 is 10.0 Å². The highest BCUT2D eigenvalue weighted by Crippen LogP contribution is 2.47. The van der Waals surface area contributed by atoms with Crippen molar-refractivity contribution in [2.75, 3.05) is 6.26 Å². The molecule has 104 valence electrons. The molecule has 0 spiro atoms. The molecule has 4 heteroatoms. The molecule has 2 nitrogen and oxygen atoms in total. The van der Waals surface area contributed by atoms with Crippen molar-refractivity contribution in [2.45, 2.75) is 19.3 Å². The van der Waals surface area contributed by atoms with Gasteiger partial charge in [-0.2, -0.15) is 12.6 Å². The van der Waals surface area contributed by atoms with E-state index >= 15 is 0 Å². The van der Waals surface area contributed by atoms with Crippen LogP contribution in [0.4, 0.5) is 0 Å². The molecule has 0 saturated heterocycles. The van der Waals surface area contributed by atoms with E-state index in [2.05, 4.69) is 38.6 Å². The van der Waals surface area contributed by atoms with E-state index in [9.17, 15) is 10.0 Å². The summed E-state index contributed by atoms with van der Waals surface area (Å²) in [6, 6.07) is 14.0. The predicted octanol–water partition coefficient (Wildman–Crippen LogP) is 2.22. The zero-order chi connectivity index (χ0) is 14.9. The van der Waals surface area contributed by atoms with Crippen LogP contribution in [0.3, 0.4) is 0 Å². The SMILES string of the molecule is CC1(C)c2ccccc2-c2cc(B(O)O)ccc21.CS. The summed E-state index contributed by atoms with van der Waals surface area (Å²) >= 11 is 3.53. The lowest BCUT2D eigenvalue weighted by Crippen LogP contribution is -2.30. The summed E-state index contributed by atoms with van der Waals surface area (Å²) < 4.78 is 0. The van der Waals surface area contributed by atoms with Gasteiger partial charge in [-0.25, -0.2) is 0 Å². The van der Waals surface area contributed by atoms with Crippen molar-refractivity contribution in [3.8, 4) is 11.1 Å². The van der Waals surface area contributed by atoms with Gasteiger partial charge in [-0.05, 0) is 34.0 Å².